The Kier molecular flexibility index (Phi) is 4.38. The van der Waals surface area contributed by atoms with Crippen molar-refractivity contribution < 1.29 is 14.3 Å². The highest BCUT2D eigenvalue weighted by Gasteiger charge is 2.54. The molecule has 1 saturated carbocycles. The lowest BCUT2D eigenvalue weighted by atomic mass is 9.78. The van der Waals surface area contributed by atoms with Gasteiger partial charge < -0.3 is 19.9 Å². The predicted octanol–water partition coefficient (Wildman–Crippen LogP) is 2.71. The van der Waals surface area contributed by atoms with Crippen molar-refractivity contribution in [3.8, 4) is 0 Å². The number of benzene rings is 1. The molecule has 1 aromatic heterocycles. The number of ether oxygens (including phenoxy) is 1. The van der Waals surface area contributed by atoms with Crippen LogP contribution in [0.2, 0.25) is 0 Å². The Morgan fingerprint density at radius 2 is 2.04 bits per heavy atom. The molecule has 3 aliphatic rings. The van der Waals surface area contributed by atoms with E-state index in [4.69, 9.17) is 4.74 Å². The van der Waals surface area contributed by atoms with Crippen LogP contribution in [0.1, 0.15) is 42.6 Å². The molecule has 2 aliphatic heterocycles. The molecule has 1 atom stereocenters. The highest BCUT2D eigenvalue weighted by molar-refractivity contribution is 5.98. The molecule has 2 saturated heterocycles. The molecule has 5 rings (SSSR count). The fourth-order valence-electron chi connectivity index (χ4n) is 4.69. The number of aromatic amines is 1. The molecule has 3 fully saturated rings. The first-order valence-corrected chi connectivity index (χ1v) is 10.4. The molecular weight excluding hydrogens is 354 g/mol. The first-order chi connectivity index (χ1) is 13.6. The van der Waals surface area contributed by atoms with Crippen LogP contribution in [0.3, 0.4) is 0 Å². The lowest BCUT2D eigenvalue weighted by Gasteiger charge is -2.50. The van der Waals surface area contributed by atoms with E-state index in [1.165, 1.54) is 12.8 Å². The SMILES string of the molecule is O=C(CC1CC1)NCC[C@H]1CCOC12CN(C(=O)c1cc3ccccc3[nH]1)C2. The summed E-state index contributed by atoms with van der Waals surface area (Å²) < 4.78 is 6.08. The average molecular weight is 381 g/mol. The van der Waals surface area contributed by atoms with Gasteiger partial charge in [-0.3, -0.25) is 9.59 Å². The van der Waals surface area contributed by atoms with E-state index in [0.29, 0.717) is 43.6 Å². The van der Waals surface area contributed by atoms with Gasteiger partial charge in [0.15, 0.2) is 0 Å². The summed E-state index contributed by atoms with van der Waals surface area (Å²) in [7, 11) is 0. The van der Waals surface area contributed by atoms with Gasteiger partial charge in [-0.2, -0.15) is 0 Å². The Balaban J connectivity index is 1.15. The summed E-state index contributed by atoms with van der Waals surface area (Å²) >= 11 is 0. The zero-order chi connectivity index (χ0) is 19.1. The number of H-pyrrole nitrogens is 1. The predicted molar refractivity (Wildman–Crippen MR) is 106 cm³/mol. The molecule has 0 bridgehead atoms. The van der Waals surface area contributed by atoms with Crippen LogP contribution >= 0.6 is 0 Å². The number of nitrogens with one attached hydrogen (secondary N) is 2. The number of hydrogen-bond donors (Lipinski definition) is 2. The van der Waals surface area contributed by atoms with E-state index in [9.17, 15) is 9.59 Å². The van der Waals surface area contributed by atoms with E-state index in [1.807, 2.05) is 35.2 Å². The quantitative estimate of drug-likeness (QED) is 0.808. The number of likely N-dealkylation sites (tertiary alicyclic amines) is 1. The molecule has 28 heavy (non-hydrogen) atoms. The van der Waals surface area contributed by atoms with Gasteiger partial charge in [-0.1, -0.05) is 18.2 Å². The monoisotopic (exact) mass is 381 g/mol. The zero-order valence-corrected chi connectivity index (χ0v) is 16.1. The fraction of sp³-hybridized carbons (Fsp3) is 0.545. The number of rotatable bonds is 6. The largest absolute Gasteiger partial charge is 0.371 e. The molecule has 2 aromatic rings. The normalized spacial score (nSPS) is 23.1. The maximum Gasteiger partial charge on any atom is 0.270 e. The van der Waals surface area contributed by atoms with Gasteiger partial charge in [0, 0.05) is 30.5 Å². The Labute approximate surface area is 164 Å². The van der Waals surface area contributed by atoms with Gasteiger partial charge in [0.1, 0.15) is 11.3 Å². The van der Waals surface area contributed by atoms with Crippen LogP contribution in [0.25, 0.3) is 10.9 Å². The Hall–Kier alpha value is -2.34. The summed E-state index contributed by atoms with van der Waals surface area (Å²) in [6.07, 6.45) is 5.01. The average Bonchev–Trinajstić information content (AvgIpc) is 3.20. The highest BCUT2D eigenvalue weighted by atomic mass is 16.5. The second-order valence-corrected chi connectivity index (χ2v) is 8.62. The number of para-hydroxylation sites is 1. The number of aromatic nitrogens is 1. The van der Waals surface area contributed by atoms with Crippen LogP contribution in [0, 0.1) is 11.8 Å². The Morgan fingerprint density at radius 3 is 2.82 bits per heavy atom. The molecule has 3 heterocycles. The van der Waals surface area contributed by atoms with Crippen molar-refractivity contribution in [2.24, 2.45) is 11.8 Å². The molecule has 1 aliphatic carbocycles. The number of carbonyl (C=O) groups excluding carboxylic acids is 2. The molecule has 2 N–H and O–H groups in total. The van der Waals surface area contributed by atoms with Crippen LogP contribution in [0.5, 0.6) is 0 Å². The molecule has 1 aromatic carbocycles. The van der Waals surface area contributed by atoms with Crippen molar-refractivity contribution >= 4 is 22.7 Å². The summed E-state index contributed by atoms with van der Waals surface area (Å²) in [4.78, 5) is 29.8. The minimum atomic E-state index is -0.219. The van der Waals surface area contributed by atoms with Gasteiger partial charge in [-0.05, 0) is 49.7 Å². The Morgan fingerprint density at radius 1 is 1.21 bits per heavy atom. The molecule has 148 valence electrons. The molecular formula is C22H27N3O3. The van der Waals surface area contributed by atoms with Crippen molar-refractivity contribution in [1.82, 2.24) is 15.2 Å². The van der Waals surface area contributed by atoms with Crippen LogP contribution < -0.4 is 5.32 Å². The highest BCUT2D eigenvalue weighted by Crippen LogP contribution is 2.42. The molecule has 6 nitrogen and oxygen atoms in total. The van der Waals surface area contributed by atoms with E-state index in [2.05, 4.69) is 10.3 Å². The maximum atomic E-state index is 12.8. The maximum absolute atomic E-state index is 12.8. The van der Waals surface area contributed by atoms with E-state index in [1.54, 1.807) is 0 Å². The third-order valence-corrected chi connectivity index (χ3v) is 6.55. The number of fused-ring (bicyclic) bond motifs is 1. The third kappa shape index (κ3) is 3.30. The Bertz CT molecular complexity index is 862. The van der Waals surface area contributed by atoms with Crippen LogP contribution in [0.15, 0.2) is 30.3 Å². The number of nitrogens with zero attached hydrogens (tertiary/aromatic N) is 1. The van der Waals surface area contributed by atoms with Crippen molar-refractivity contribution in [2.45, 2.75) is 37.7 Å². The number of hydrogen-bond acceptors (Lipinski definition) is 3. The third-order valence-electron chi connectivity index (χ3n) is 6.55. The molecule has 6 heteroatoms. The first kappa shape index (κ1) is 17.7. The van der Waals surface area contributed by atoms with Gasteiger partial charge >= 0.3 is 0 Å². The first-order valence-electron chi connectivity index (χ1n) is 10.4. The lowest BCUT2D eigenvalue weighted by Crippen LogP contribution is -2.66. The van der Waals surface area contributed by atoms with Crippen LogP contribution in [0.4, 0.5) is 0 Å². The van der Waals surface area contributed by atoms with Gasteiger partial charge in [0.2, 0.25) is 5.91 Å². The van der Waals surface area contributed by atoms with E-state index < -0.39 is 0 Å². The van der Waals surface area contributed by atoms with Crippen molar-refractivity contribution in [2.75, 3.05) is 26.2 Å². The fourth-order valence-corrected chi connectivity index (χ4v) is 4.69. The van der Waals surface area contributed by atoms with Gasteiger partial charge in [-0.25, -0.2) is 0 Å². The van der Waals surface area contributed by atoms with Crippen LogP contribution in [-0.4, -0.2) is 53.5 Å². The van der Waals surface area contributed by atoms with Crippen LogP contribution in [-0.2, 0) is 9.53 Å². The molecule has 1 spiro atoms. The van der Waals surface area contributed by atoms with E-state index in [-0.39, 0.29) is 17.4 Å². The lowest BCUT2D eigenvalue weighted by molar-refractivity contribution is -0.123. The topological polar surface area (TPSA) is 74.4 Å². The second kappa shape index (κ2) is 6.92. The smallest absolute Gasteiger partial charge is 0.270 e. The summed E-state index contributed by atoms with van der Waals surface area (Å²) in [5.74, 6) is 1.24. The number of amides is 2. The van der Waals surface area contributed by atoms with Gasteiger partial charge in [0.05, 0.1) is 13.1 Å². The molecule has 0 unspecified atom stereocenters. The number of carbonyl (C=O) groups is 2. The van der Waals surface area contributed by atoms with Crippen molar-refractivity contribution in [1.29, 1.82) is 0 Å². The zero-order valence-electron chi connectivity index (χ0n) is 16.1. The van der Waals surface area contributed by atoms with E-state index in [0.717, 1.165) is 30.4 Å². The standard InChI is InChI=1S/C22H27N3O3/c26-20(11-15-5-6-15)23-9-7-17-8-10-28-22(17)13-25(14-22)21(27)19-12-16-3-1-2-4-18(16)24-19/h1-4,12,15,17,24H,5-11,13-14H2,(H,23,26)/t17-/m0/s1. The minimum Gasteiger partial charge on any atom is -0.371 e. The summed E-state index contributed by atoms with van der Waals surface area (Å²) in [5, 5.41) is 4.12. The summed E-state index contributed by atoms with van der Waals surface area (Å²) in [5.41, 5.74) is 1.40. The van der Waals surface area contributed by atoms with Crippen molar-refractivity contribution in [3.63, 3.8) is 0 Å². The summed E-state index contributed by atoms with van der Waals surface area (Å²) in [6.45, 7) is 2.73. The van der Waals surface area contributed by atoms with Gasteiger partial charge in [0.25, 0.3) is 5.91 Å². The minimum absolute atomic E-state index is 0.0359. The van der Waals surface area contributed by atoms with E-state index >= 15 is 0 Å². The summed E-state index contributed by atoms with van der Waals surface area (Å²) in [6, 6.07) is 9.85. The molecule has 0 radical (unpaired) electrons. The molecule has 2 amide bonds. The van der Waals surface area contributed by atoms with Gasteiger partial charge in [-0.15, -0.1) is 0 Å². The second-order valence-electron chi connectivity index (χ2n) is 8.62. The van der Waals surface area contributed by atoms with Crippen molar-refractivity contribution in [3.05, 3.63) is 36.0 Å².